The number of thioether (sulfide) groups is 4. The summed E-state index contributed by atoms with van der Waals surface area (Å²) in [6, 6.07) is 8.02. The van der Waals surface area contributed by atoms with Crippen molar-refractivity contribution in [1.82, 2.24) is 0 Å². The Balaban J connectivity index is 2.10. The van der Waals surface area contributed by atoms with Crippen LogP contribution in [0.3, 0.4) is 0 Å². The first-order valence-electron chi connectivity index (χ1n) is 4.49. The maximum Gasteiger partial charge on any atom is 0.110 e. The van der Waals surface area contributed by atoms with Gasteiger partial charge in [0.15, 0.2) is 0 Å². The van der Waals surface area contributed by atoms with Crippen LogP contribution in [0.4, 0.5) is 0 Å². The second-order valence-corrected chi connectivity index (χ2v) is 8.18. The van der Waals surface area contributed by atoms with Crippen molar-refractivity contribution in [3.8, 4) is 24.3 Å². The lowest BCUT2D eigenvalue weighted by Crippen LogP contribution is -2.07. The van der Waals surface area contributed by atoms with Crippen molar-refractivity contribution >= 4 is 47.0 Å². The van der Waals surface area contributed by atoms with Crippen molar-refractivity contribution in [2.24, 2.45) is 0 Å². The highest BCUT2D eigenvalue weighted by atomic mass is 32.2. The summed E-state index contributed by atoms with van der Waals surface area (Å²) in [4.78, 5) is 1.71. The molecule has 4 nitrogen and oxygen atoms in total. The second kappa shape index (κ2) is 5.65. The molecule has 0 N–H and O–H groups in total. The fraction of sp³-hybridized carbons (Fsp3) is 0.200. The van der Waals surface area contributed by atoms with E-state index in [1.165, 1.54) is 47.0 Å². The highest BCUT2D eigenvalue weighted by Gasteiger charge is 2.38. The van der Waals surface area contributed by atoms with Gasteiger partial charge in [0, 0.05) is 0 Å². The van der Waals surface area contributed by atoms with E-state index in [1.807, 2.05) is 24.3 Å². The van der Waals surface area contributed by atoms with Gasteiger partial charge in [0.05, 0.1) is 9.16 Å². The van der Waals surface area contributed by atoms with Gasteiger partial charge in [-0.3, -0.25) is 0 Å². The van der Waals surface area contributed by atoms with Gasteiger partial charge < -0.3 is 0 Å². The molecule has 0 amide bonds. The van der Waals surface area contributed by atoms with Crippen molar-refractivity contribution in [3.05, 3.63) is 19.6 Å². The predicted molar refractivity (Wildman–Crippen MR) is 74.4 cm³/mol. The molecule has 0 radical (unpaired) electrons. The van der Waals surface area contributed by atoms with Crippen LogP contribution in [0.15, 0.2) is 19.6 Å². The fourth-order valence-electron chi connectivity index (χ4n) is 1.26. The maximum absolute atomic E-state index is 8.90. The molecule has 2 aliphatic heterocycles. The molecule has 0 unspecified atom stereocenters. The largest absolute Gasteiger partial charge is 0.192 e. The van der Waals surface area contributed by atoms with Crippen molar-refractivity contribution in [1.29, 1.82) is 21.0 Å². The summed E-state index contributed by atoms with van der Waals surface area (Å²) in [6.45, 7) is 0. The number of hydrogen-bond acceptors (Lipinski definition) is 8. The molecule has 8 heteroatoms. The van der Waals surface area contributed by atoms with E-state index in [9.17, 15) is 0 Å². The summed E-state index contributed by atoms with van der Waals surface area (Å²) >= 11 is 5.35. The quantitative estimate of drug-likeness (QED) is 0.729. The first-order valence-corrected chi connectivity index (χ1v) is 8.01. The van der Waals surface area contributed by atoms with Crippen LogP contribution in [0, 0.1) is 45.3 Å². The first kappa shape index (κ1) is 13.3. The highest BCUT2D eigenvalue weighted by molar-refractivity contribution is 8.30. The molecule has 2 rings (SSSR count). The Hall–Kier alpha value is -1.16. The van der Waals surface area contributed by atoms with Gasteiger partial charge in [0.25, 0.3) is 0 Å². The summed E-state index contributed by atoms with van der Waals surface area (Å²) in [6.07, 6.45) is 0. The van der Waals surface area contributed by atoms with Gasteiger partial charge >= 0.3 is 0 Å². The SMILES string of the molecule is N#CC1=C(C#N)SC(C2SC(C#N)=C(C#N)S2)S1. The third-order valence-corrected chi connectivity index (χ3v) is 8.22. The first-order chi connectivity index (χ1) is 8.73. The van der Waals surface area contributed by atoms with Crippen LogP contribution in [0.25, 0.3) is 0 Å². The molecule has 0 aromatic rings. The van der Waals surface area contributed by atoms with E-state index in [2.05, 4.69) is 0 Å². The molecule has 0 aromatic heterocycles. The molecule has 0 aromatic carbocycles. The van der Waals surface area contributed by atoms with Gasteiger partial charge in [-0.2, -0.15) is 21.0 Å². The summed E-state index contributed by atoms with van der Waals surface area (Å²) in [5.74, 6) is 0. The van der Waals surface area contributed by atoms with Gasteiger partial charge in [-0.05, 0) is 0 Å². The number of nitrogens with zero attached hydrogens (tertiary/aromatic N) is 4. The lowest BCUT2D eigenvalue weighted by Gasteiger charge is -2.14. The zero-order valence-electron chi connectivity index (χ0n) is 8.58. The Bertz CT molecular complexity index is 514. The van der Waals surface area contributed by atoms with Crippen LogP contribution in [-0.4, -0.2) is 9.16 Å². The molecular formula is C10H2N4S4. The smallest absolute Gasteiger partial charge is 0.110 e. The molecule has 0 atom stereocenters. The molecule has 0 aliphatic carbocycles. The molecule has 0 saturated heterocycles. The number of allylic oxidation sites excluding steroid dienone is 4. The van der Waals surface area contributed by atoms with Gasteiger partial charge in [-0.25, -0.2) is 0 Å². The molecule has 2 heterocycles. The Kier molecular flexibility index (Phi) is 4.17. The summed E-state index contributed by atoms with van der Waals surface area (Å²) < 4.78 is -0.0306. The lowest BCUT2D eigenvalue weighted by atomic mass is 10.5. The Morgan fingerprint density at radius 2 is 0.778 bits per heavy atom. The second-order valence-electron chi connectivity index (χ2n) is 2.97. The minimum atomic E-state index is -0.0153. The lowest BCUT2D eigenvalue weighted by molar-refractivity contribution is 1.38. The summed E-state index contributed by atoms with van der Waals surface area (Å²) in [5.41, 5.74) is 0. The standard InChI is InChI=1S/C10H2N4S4/c11-1-5-6(2-12)16-9(15-5)10-17-7(3-13)8(4-14)18-10/h9-10H. The van der Waals surface area contributed by atoms with Crippen molar-refractivity contribution < 1.29 is 0 Å². The molecule has 86 valence electrons. The average molecular weight is 306 g/mol. The highest BCUT2D eigenvalue weighted by Crippen LogP contribution is 2.57. The third kappa shape index (κ3) is 2.34. The minimum Gasteiger partial charge on any atom is -0.192 e. The van der Waals surface area contributed by atoms with Gasteiger partial charge in [0.1, 0.15) is 43.9 Å². The van der Waals surface area contributed by atoms with E-state index in [-0.39, 0.29) is 9.16 Å². The van der Waals surface area contributed by atoms with E-state index in [4.69, 9.17) is 21.0 Å². The molecule has 2 aliphatic rings. The average Bonchev–Trinajstić information content (AvgIpc) is 3.01. The zero-order chi connectivity index (χ0) is 13.1. The van der Waals surface area contributed by atoms with Gasteiger partial charge in [0.2, 0.25) is 0 Å². The normalized spacial score (nSPS) is 20.4. The van der Waals surface area contributed by atoms with Crippen molar-refractivity contribution in [2.75, 3.05) is 0 Å². The zero-order valence-corrected chi connectivity index (χ0v) is 11.8. The van der Waals surface area contributed by atoms with Crippen molar-refractivity contribution in [2.45, 2.75) is 9.16 Å². The van der Waals surface area contributed by atoms with E-state index >= 15 is 0 Å². The summed E-state index contributed by atoms with van der Waals surface area (Å²) in [5, 5.41) is 35.6. The van der Waals surface area contributed by atoms with E-state index in [0.717, 1.165) is 0 Å². The third-order valence-electron chi connectivity index (χ3n) is 1.98. The Labute approximate surface area is 121 Å². The van der Waals surface area contributed by atoms with Crippen LogP contribution < -0.4 is 0 Å². The van der Waals surface area contributed by atoms with Gasteiger partial charge in [-0.15, -0.1) is 0 Å². The Morgan fingerprint density at radius 1 is 0.556 bits per heavy atom. The van der Waals surface area contributed by atoms with Crippen molar-refractivity contribution in [3.63, 3.8) is 0 Å². The van der Waals surface area contributed by atoms with Gasteiger partial charge in [-0.1, -0.05) is 47.0 Å². The van der Waals surface area contributed by atoms with Crippen LogP contribution in [0.2, 0.25) is 0 Å². The molecule has 18 heavy (non-hydrogen) atoms. The predicted octanol–water partition coefficient (Wildman–Crippen LogP) is 3.12. The minimum absolute atomic E-state index is 0.0153. The van der Waals surface area contributed by atoms with Crippen LogP contribution in [-0.2, 0) is 0 Å². The topological polar surface area (TPSA) is 95.2 Å². The van der Waals surface area contributed by atoms with Crippen LogP contribution >= 0.6 is 47.0 Å². The monoisotopic (exact) mass is 306 g/mol. The van der Waals surface area contributed by atoms with E-state index in [1.54, 1.807) is 0 Å². The molecule has 0 bridgehead atoms. The summed E-state index contributed by atoms with van der Waals surface area (Å²) in [7, 11) is 0. The van der Waals surface area contributed by atoms with E-state index in [0.29, 0.717) is 19.6 Å². The van der Waals surface area contributed by atoms with Crippen LogP contribution in [0.1, 0.15) is 0 Å². The van der Waals surface area contributed by atoms with E-state index < -0.39 is 0 Å². The molecule has 0 saturated carbocycles. The molecular weight excluding hydrogens is 304 g/mol. The molecule has 0 spiro atoms. The number of nitriles is 4. The fourth-order valence-corrected chi connectivity index (χ4v) is 6.90. The molecule has 0 fully saturated rings. The number of hydrogen-bond donors (Lipinski definition) is 0. The Morgan fingerprint density at radius 3 is 0.944 bits per heavy atom. The number of rotatable bonds is 1. The maximum atomic E-state index is 8.90. The van der Waals surface area contributed by atoms with Crippen LogP contribution in [0.5, 0.6) is 0 Å².